The third-order valence-electron chi connectivity index (χ3n) is 4.02. The molecular weight excluding hydrogens is 300 g/mol. The third-order valence-corrected chi connectivity index (χ3v) is 4.02. The van der Waals surface area contributed by atoms with Crippen molar-refractivity contribution < 1.29 is 15.0 Å². The van der Waals surface area contributed by atoms with Gasteiger partial charge in [0, 0.05) is 5.56 Å². The summed E-state index contributed by atoms with van der Waals surface area (Å²) in [5.41, 5.74) is 3.35. The van der Waals surface area contributed by atoms with Crippen LogP contribution in [0.2, 0.25) is 0 Å². The normalized spacial score (nSPS) is 13.2. The van der Waals surface area contributed by atoms with Crippen LogP contribution in [0.4, 0.5) is 0 Å². The fourth-order valence-corrected chi connectivity index (χ4v) is 2.72. The number of benzene rings is 3. The average Bonchev–Trinajstić information content (AvgIpc) is 2.67. The van der Waals surface area contributed by atoms with Crippen LogP contribution in [-0.2, 0) is 0 Å². The zero-order chi connectivity index (χ0) is 16.9. The van der Waals surface area contributed by atoms with Crippen molar-refractivity contribution in [2.45, 2.75) is 12.2 Å². The van der Waals surface area contributed by atoms with Gasteiger partial charge in [-0.05, 0) is 34.4 Å². The van der Waals surface area contributed by atoms with Crippen molar-refractivity contribution in [1.29, 1.82) is 0 Å². The molecule has 3 aromatic carbocycles. The number of hydrogen-bond donors (Lipinski definition) is 2. The Kier molecular flexibility index (Phi) is 4.85. The first-order valence-corrected chi connectivity index (χ1v) is 7.75. The number of carbonyl (C=O) groups excluding carboxylic acids is 1. The summed E-state index contributed by atoms with van der Waals surface area (Å²) in [7, 11) is 0. The molecule has 3 aromatic rings. The second-order valence-electron chi connectivity index (χ2n) is 5.67. The van der Waals surface area contributed by atoms with Crippen LogP contribution in [0.25, 0.3) is 0 Å². The van der Waals surface area contributed by atoms with E-state index in [4.69, 9.17) is 0 Å². The predicted molar refractivity (Wildman–Crippen MR) is 92.8 cm³/mol. The van der Waals surface area contributed by atoms with Crippen LogP contribution in [0.15, 0.2) is 78.9 Å². The lowest BCUT2D eigenvalue weighted by atomic mass is 9.95. The molecule has 24 heavy (non-hydrogen) atoms. The molecule has 3 nitrogen and oxygen atoms in total. The summed E-state index contributed by atoms with van der Waals surface area (Å²) in [6.45, 7) is 0. The molecule has 0 aliphatic carbocycles. The van der Waals surface area contributed by atoms with E-state index < -0.39 is 12.2 Å². The molecule has 0 aromatic heterocycles. The monoisotopic (exact) mass is 318 g/mol. The van der Waals surface area contributed by atoms with Crippen LogP contribution < -0.4 is 0 Å². The summed E-state index contributed by atoms with van der Waals surface area (Å²) in [6.07, 6.45) is -0.848. The summed E-state index contributed by atoms with van der Waals surface area (Å²) in [5, 5.41) is 21.1. The van der Waals surface area contributed by atoms with E-state index in [1.807, 2.05) is 42.5 Å². The summed E-state index contributed by atoms with van der Waals surface area (Å²) in [4.78, 5) is 10.9. The maximum Gasteiger partial charge on any atom is 0.150 e. The molecule has 0 radical (unpaired) electrons. The second-order valence-corrected chi connectivity index (χ2v) is 5.67. The highest BCUT2D eigenvalue weighted by Crippen LogP contribution is 2.27. The minimum absolute atomic E-state index is 0.520. The molecule has 0 saturated carbocycles. The minimum Gasteiger partial charge on any atom is -0.384 e. The zero-order valence-electron chi connectivity index (χ0n) is 13.0. The van der Waals surface area contributed by atoms with Gasteiger partial charge in [-0.3, -0.25) is 4.79 Å². The maximum atomic E-state index is 10.9. The Bertz CT molecular complexity index is 827. The van der Waals surface area contributed by atoms with Gasteiger partial charge in [0.2, 0.25) is 0 Å². The van der Waals surface area contributed by atoms with E-state index in [9.17, 15) is 15.0 Å². The Balaban J connectivity index is 1.91. The number of aliphatic hydroxyl groups excluding tert-OH is 2. The lowest BCUT2D eigenvalue weighted by Crippen LogP contribution is -2.04. The Morgan fingerprint density at radius 2 is 1.12 bits per heavy atom. The molecule has 0 fully saturated rings. The first kappa shape index (κ1) is 16.1. The van der Waals surface area contributed by atoms with E-state index >= 15 is 0 Å². The van der Waals surface area contributed by atoms with Gasteiger partial charge < -0.3 is 10.2 Å². The fourth-order valence-electron chi connectivity index (χ4n) is 2.72. The van der Waals surface area contributed by atoms with Gasteiger partial charge in [-0.15, -0.1) is 0 Å². The number of hydrogen-bond acceptors (Lipinski definition) is 3. The zero-order valence-corrected chi connectivity index (χ0v) is 13.0. The van der Waals surface area contributed by atoms with E-state index in [-0.39, 0.29) is 0 Å². The molecule has 0 aliphatic rings. The average molecular weight is 318 g/mol. The first-order chi connectivity index (χ1) is 11.7. The molecule has 2 unspecified atom stereocenters. The highest BCUT2D eigenvalue weighted by atomic mass is 16.3. The Morgan fingerprint density at radius 3 is 1.75 bits per heavy atom. The molecule has 2 atom stereocenters. The summed E-state index contributed by atoms with van der Waals surface area (Å²) >= 11 is 0. The Hall–Kier alpha value is -2.75. The number of aldehydes is 1. The van der Waals surface area contributed by atoms with Crippen molar-refractivity contribution in [2.24, 2.45) is 0 Å². The molecule has 0 aliphatic heterocycles. The van der Waals surface area contributed by atoms with Gasteiger partial charge in [-0.2, -0.15) is 0 Å². The highest BCUT2D eigenvalue weighted by Gasteiger charge is 2.15. The van der Waals surface area contributed by atoms with Crippen LogP contribution in [0.1, 0.15) is 44.8 Å². The molecule has 0 heterocycles. The van der Waals surface area contributed by atoms with Crippen molar-refractivity contribution >= 4 is 6.29 Å². The van der Waals surface area contributed by atoms with E-state index in [1.165, 1.54) is 0 Å². The Labute approximate surface area is 140 Å². The molecule has 2 N–H and O–H groups in total. The number of rotatable bonds is 5. The Morgan fingerprint density at radius 1 is 0.625 bits per heavy atom. The van der Waals surface area contributed by atoms with Gasteiger partial charge in [0.1, 0.15) is 18.5 Å². The molecule has 3 rings (SSSR count). The van der Waals surface area contributed by atoms with Crippen LogP contribution >= 0.6 is 0 Å². The minimum atomic E-state index is -0.854. The molecule has 0 saturated heterocycles. The largest absolute Gasteiger partial charge is 0.384 e. The van der Waals surface area contributed by atoms with Crippen LogP contribution in [0.3, 0.4) is 0 Å². The quantitative estimate of drug-likeness (QED) is 0.706. The first-order valence-electron chi connectivity index (χ1n) is 7.75. The van der Waals surface area contributed by atoms with E-state index in [2.05, 4.69) is 0 Å². The summed E-state index contributed by atoms with van der Waals surface area (Å²) in [6, 6.07) is 23.5. The lowest BCUT2D eigenvalue weighted by molar-refractivity contribution is 0.112. The molecule has 3 heteroatoms. The van der Waals surface area contributed by atoms with Gasteiger partial charge >= 0.3 is 0 Å². The highest BCUT2D eigenvalue weighted by molar-refractivity contribution is 5.75. The third kappa shape index (κ3) is 3.43. The van der Waals surface area contributed by atoms with Crippen molar-refractivity contribution in [3.63, 3.8) is 0 Å². The van der Waals surface area contributed by atoms with Gasteiger partial charge in [-0.1, -0.05) is 66.7 Å². The van der Waals surface area contributed by atoms with Crippen molar-refractivity contribution in [2.75, 3.05) is 0 Å². The van der Waals surface area contributed by atoms with Gasteiger partial charge in [0.05, 0.1) is 0 Å². The molecule has 0 spiro atoms. The molecule has 0 amide bonds. The summed E-state index contributed by atoms with van der Waals surface area (Å²) < 4.78 is 0. The van der Waals surface area contributed by atoms with Crippen molar-refractivity contribution in [1.82, 2.24) is 0 Å². The maximum absolute atomic E-state index is 10.9. The van der Waals surface area contributed by atoms with E-state index in [0.717, 1.165) is 11.8 Å². The van der Waals surface area contributed by atoms with Gasteiger partial charge in [-0.25, -0.2) is 0 Å². The van der Waals surface area contributed by atoms with Crippen LogP contribution in [-0.4, -0.2) is 16.5 Å². The predicted octanol–water partition coefficient (Wildman–Crippen LogP) is 3.66. The van der Waals surface area contributed by atoms with Crippen LogP contribution in [0.5, 0.6) is 0 Å². The van der Waals surface area contributed by atoms with Crippen molar-refractivity contribution in [3.05, 3.63) is 107 Å². The van der Waals surface area contributed by atoms with Gasteiger partial charge in [0.15, 0.2) is 0 Å². The topological polar surface area (TPSA) is 57.5 Å². The molecule has 120 valence electrons. The van der Waals surface area contributed by atoms with Gasteiger partial charge in [0.25, 0.3) is 0 Å². The van der Waals surface area contributed by atoms with Crippen molar-refractivity contribution in [3.8, 4) is 0 Å². The summed E-state index contributed by atoms with van der Waals surface area (Å²) in [5.74, 6) is 0. The fraction of sp³-hybridized carbons (Fsp3) is 0.0952. The SMILES string of the molecule is O=Cc1cccc(C(O)c2cccc(C(O)c3ccccc3)c2)c1. The number of carbonyl (C=O) groups is 1. The molecule has 0 bridgehead atoms. The van der Waals surface area contributed by atoms with E-state index in [1.54, 1.807) is 36.4 Å². The smallest absolute Gasteiger partial charge is 0.150 e. The number of aliphatic hydroxyl groups is 2. The lowest BCUT2D eigenvalue weighted by Gasteiger charge is -2.16. The standard InChI is InChI=1S/C21H18O3/c22-14-15-6-4-9-17(12-15)21(24)19-11-5-10-18(13-19)20(23)16-7-2-1-3-8-16/h1-14,20-21,23-24H. The van der Waals surface area contributed by atoms with Crippen LogP contribution in [0, 0.1) is 0 Å². The molecular formula is C21H18O3. The second kappa shape index (κ2) is 7.21. The van der Waals surface area contributed by atoms with E-state index in [0.29, 0.717) is 22.3 Å².